The fourth-order valence-electron chi connectivity index (χ4n) is 2.10. The minimum atomic E-state index is -3.64. The number of hydrogen-bond acceptors (Lipinski definition) is 6. The molecule has 0 aliphatic carbocycles. The zero-order chi connectivity index (χ0) is 20.2. The summed E-state index contributed by atoms with van der Waals surface area (Å²) in [5.74, 6) is -1.30. The average Bonchev–Trinajstić information content (AvgIpc) is 2.63. The fourth-order valence-corrected chi connectivity index (χ4v) is 3.03. The maximum atomic E-state index is 12.4. The summed E-state index contributed by atoms with van der Waals surface area (Å²) in [4.78, 5) is 28.3. The van der Waals surface area contributed by atoms with E-state index < -0.39 is 28.0 Å². The molecule has 0 aliphatic heterocycles. The molecule has 2 aromatic rings. The van der Waals surface area contributed by atoms with Crippen LogP contribution in [0.2, 0.25) is 0 Å². The number of amides is 1. The Morgan fingerprint density at radius 2 is 1.89 bits per heavy atom. The SMILES string of the molecule is Cc1ccc(S(=O)(=O)N(C)C)cc1NC(=O)[C@H](C)OC(=O)c1ccccn1. The number of aryl methyl sites for hydroxylation is 1. The number of esters is 1. The van der Waals surface area contributed by atoms with Crippen LogP contribution < -0.4 is 5.32 Å². The van der Waals surface area contributed by atoms with Crippen LogP contribution in [-0.2, 0) is 19.6 Å². The highest BCUT2D eigenvalue weighted by Gasteiger charge is 2.22. The lowest BCUT2D eigenvalue weighted by Gasteiger charge is -2.16. The lowest BCUT2D eigenvalue weighted by Crippen LogP contribution is -2.30. The van der Waals surface area contributed by atoms with Crippen molar-refractivity contribution in [3.05, 3.63) is 53.9 Å². The van der Waals surface area contributed by atoms with E-state index in [0.717, 1.165) is 4.31 Å². The summed E-state index contributed by atoms with van der Waals surface area (Å²) in [5.41, 5.74) is 1.08. The monoisotopic (exact) mass is 391 g/mol. The second kappa shape index (κ2) is 8.28. The van der Waals surface area contributed by atoms with Gasteiger partial charge in [0, 0.05) is 26.0 Å². The third kappa shape index (κ3) is 4.89. The number of carbonyl (C=O) groups excluding carboxylic acids is 2. The number of hydrogen-bond donors (Lipinski definition) is 1. The Bertz CT molecular complexity index is 943. The van der Waals surface area contributed by atoms with Crippen LogP contribution in [0.4, 0.5) is 5.69 Å². The van der Waals surface area contributed by atoms with Gasteiger partial charge in [-0.05, 0) is 43.7 Å². The molecule has 0 saturated carbocycles. The van der Waals surface area contributed by atoms with Gasteiger partial charge in [-0.1, -0.05) is 12.1 Å². The van der Waals surface area contributed by atoms with Crippen LogP contribution in [0.1, 0.15) is 23.0 Å². The second-order valence-corrected chi connectivity index (χ2v) is 8.17. The highest BCUT2D eigenvalue weighted by atomic mass is 32.2. The minimum Gasteiger partial charge on any atom is -0.448 e. The number of carbonyl (C=O) groups is 2. The van der Waals surface area contributed by atoms with Crippen molar-refractivity contribution in [1.29, 1.82) is 0 Å². The van der Waals surface area contributed by atoms with E-state index in [9.17, 15) is 18.0 Å². The Morgan fingerprint density at radius 3 is 2.48 bits per heavy atom. The molecule has 1 N–H and O–H groups in total. The molecule has 1 atom stereocenters. The highest BCUT2D eigenvalue weighted by Crippen LogP contribution is 2.22. The van der Waals surface area contributed by atoms with Crippen molar-refractivity contribution in [3.63, 3.8) is 0 Å². The first-order valence-electron chi connectivity index (χ1n) is 8.09. The Morgan fingerprint density at radius 1 is 1.19 bits per heavy atom. The minimum absolute atomic E-state index is 0.0477. The Balaban J connectivity index is 2.14. The lowest BCUT2D eigenvalue weighted by molar-refractivity contribution is -0.123. The summed E-state index contributed by atoms with van der Waals surface area (Å²) >= 11 is 0. The van der Waals surface area contributed by atoms with Crippen LogP contribution in [0.15, 0.2) is 47.5 Å². The van der Waals surface area contributed by atoms with Crippen molar-refractivity contribution >= 4 is 27.6 Å². The normalized spacial score (nSPS) is 12.5. The van der Waals surface area contributed by atoms with Gasteiger partial charge < -0.3 is 10.1 Å². The second-order valence-electron chi connectivity index (χ2n) is 6.02. The molecule has 144 valence electrons. The van der Waals surface area contributed by atoms with Gasteiger partial charge in [0.1, 0.15) is 5.69 Å². The average molecular weight is 391 g/mol. The van der Waals surface area contributed by atoms with E-state index in [2.05, 4.69) is 10.3 Å². The summed E-state index contributed by atoms with van der Waals surface area (Å²) < 4.78 is 30.7. The number of nitrogens with one attached hydrogen (secondary N) is 1. The quantitative estimate of drug-likeness (QED) is 0.753. The van der Waals surface area contributed by atoms with Gasteiger partial charge in [-0.25, -0.2) is 22.5 Å². The lowest BCUT2D eigenvalue weighted by atomic mass is 10.2. The van der Waals surface area contributed by atoms with Gasteiger partial charge >= 0.3 is 5.97 Å². The summed E-state index contributed by atoms with van der Waals surface area (Å²) in [6.07, 6.45) is 0.356. The van der Waals surface area contributed by atoms with E-state index in [1.165, 1.54) is 45.4 Å². The molecule has 0 radical (unpaired) electrons. The van der Waals surface area contributed by atoms with E-state index >= 15 is 0 Å². The van der Waals surface area contributed by atoms with Gasteiger partial charge in [0.05, 0.1) is 4.90 Å². The smallest absolute Gasteiger partial charge is 0.357 e. The molecule has 0 unspecified atom stereocenters. The van der Waals surface area contributed by atoms with E-state index in [-0.39, 0.29) is 10.6 Å². The highest BCUT2D eigenvalue weighted by molar-refractivity contribution is 7.89. The summed E-state index contributed by atoms with van der Waals surface area (Å²) in [6, 6.07) is 9.20. The molecular formula is C18H21N3O5S. The van der Waals surface area contributed by atoms with E-state index in [4.69, 9.17) is 4.74 Å². The summed E-state index contributed by atoms with van der Waals surface area (Å²) in [5, 5.41) is 2.60. The van der Waals surface area contributed by atoms with E-state index in [1.54, 1.807) is 25.1 Å². The van der Waals surface area contributed by atoms with Crippen molar-refractivity contribution in [1.82, 2.24) is 9.29 Å². The van der Waals surface area contributed by atoms with E-state index in [1.807, 2.05) is 0 Å². The van der Waals surface area contributed by atoms with Gasteiger partial charge in [0.15, 0.2) is 6.10 Å². The van der Waals surface area contributed by atoms with Crippen molar-refractivity contribution in [2.45, 2.75) is 24.8 Å². The molecule has 0 saturated heterocycles. The van der Waals surface area contributed by atoms with Gasteiger partial charge in [-0.2, -0.15) is 0 Å². The standard InChI is InChI=1S/C18H21N3O5S/c1-12-8-9-14(27(24,25)21(3)4)11-16(12)20-17(22)13(2)26-18(23)15-7-5-6-10-19-15/h5-11,13H,1-4H3,(H,20,22)/t13-/m0/s1. The number of anilines is 1. The maximum absolute atomic E-state index is 12.4. The topological polar surface area (TPSA) is 106 Å². The predicted molar refractivity (Wildman–Crippen MR) is 99.8 cm³/mol. The number of sulfonamides is 1. The van der Waals surface area contributed by atoms with Crippen molar-refractivity contribution in [3.8, 4) is 0 Å². The zero-order valence-corrected chi connectivity index (χ0v) is 16.3. The molecule has 0 aliphatic rings. The first-order chi connectivity index (χ1) is 12.6. The molecular weight excluding hydrogens is 370 g/mol. The maximum Gasteiger partial charge on any atom is 0.357 e. The van der Waals surface area contributed by atoms with Crippen LogP contribution in [-0.4, -0.2) is 49.8 Å². The summed E-state index contributed by atoms with van der Waals surface area (Å²) in [6.45, 7) is 3.15. The Hall–Kier alpha value is -2.78. The number of pyridine rings is 1. The molecule has 27 heavy (non-hydrogen) atoms. The predicted octanol–water partition coefficient (Wildman–Crippen LogP) is 1.82. The number of nitrogens with zero attached hydrogens (tertiary/aromatic N) is 2. The molecule has 0 fully saturated rings. The molecule has 0 bridgehead atoms. The van der Waals surface area contributed by atoms with Crippen LogP contribution >= 0.6 is 0 Å². The molecule has 1 aromatic carbocycles. The molecule has 2 rings (SSSR count). The Labute approximate surface area is 158 Å². The van der Waals surface area contributed by atoms with Crippen molar-refractivity contribution < 1.29 is 22.7 Å². The van der Waals surface area contributed by atoms with Crippen LogP contribution in [0, 0.1) is 6.92 Å². The fraction of sp³-hybridized carbons (Fsp3) is 0.278. The number of rotatable bonds is 6. The molecule has 1 heterocycles. The number of benzene rings is 1. The number of ether oxygens (including phenoxy) is 1. The first-order valence-corrected chi connectivity index (χ1v) is 9.53. The molecule has 1 aromatic heterocycles. The summed E-state index contributed by atoms with van der Waals surface area (Å²) in [7, 11) is -0.792. The molecule has 1 amide bonds. The Kier molecular flexibility index (Phi) is 6.29. The molecule has 8 nitrogen and oxygen atoms in total. The van der Waals surface area contributed by atoms with Crippen molar-refractivity contribution in [2.24, 2.45) is 0 Å². The van der Waals surface area contributed by atoms with Crippen LogP contribution in [0.5, 0.6) is 0 Å². The van der Waals surface area contributed by atoms with Gasteiger partial charge in [-0.3, -0.25) is 4.79 Å². The largest absolute Gasteiger partial charge is 0.448 e. The van der Waals surface area contributed by atoms with Crippen LogP contribution in [0.3, 0.4) is 0 Å². The first kappa shape index (κ1) is 20.5. The third-order valence-corrected chi connectivity index (χ3v) is 5.58. The van der Waals surface area contributed by atoms with Crippen LogP contribution in [0.25, 0.3) is 0 Å². The van der Waals surface area contributed by atoms with Gasteiger partial charge in [0.25, 0.3) is 5.91 Å². The van der Waals surface area contributed by atoms with Gasteiger partial charge in [-0.15, -0.1) is 0 Å². The third-order valence-electron chi connectivity index (χ3n) is 3.77. The van der Waals surface area contributed by atoms with E-state index in [0.29, 0.717) is 11.3 Å². The van der Waals surface area contributed by atoms with Gasteiger partial charge in [0.2, 0.25) is 10.0 Å². The molecule has 0 spiro atoms. The number of aromatic nitrogens is 1. The molecule has 9 heteroatoms. The zero-order valence-electron chi connectivity index (χ0n) is 15.5. The van der Waals surface area contributed by atoms with Crippen molar-refractivity contribution in [2.75, 3.05) is 19.4 Å².